The maximum atomic E-state index is 11.6. The van der Waals surface area contributed by atoms with Crippen molar-refractivity contribution in [1.29, 1.82) is 0 Å². The van der Waals surface area contributed by atoms with E-state index in [4.69, 9.17) is 0 Å². The second-order valence-corrected chi connectivity index (χ2v) is 4.05. The van der Waals surface area contributed by atoms with Crippen molar-refractivity contribution in [2.75, 3.05) is 18.6 Å². The molecule has 0 aliphatic heterocycles. The molecule has 15 heavy (non-hydrogen) atoms. The predicted octanol–water partition coefficient (Wildman–Crippen LogP) is 1.95. The fraction of sp³-hybridized carbons (Fsp3) is 0.364. The number of para-hydroxylation sites is 1. The highest BCUT2D eigenvalue weighted by molar-refractivity contribution is 7.98. The van der Waals surface area contributed by atoms with Crippen LogP contribution in [0.1, 0.15) is 6.92 Å². The number of likely N-dealkylation sites (N-methyl/N-ethyl adjacent to an activating group) is 1. The molecule has 0 aliphatic rings. The number of hydrogen-bond donors (Lipinski definition) is 2. The molecule has 82 valence electrons. The van der Waals surface area contributed by atoms with Crippen LogP contribution in [0.3, 0.4) is 0 Å². The summed E-state index contributed by atoms with van der Waals surface area (Å²) in [4.78, 5) is 12.7. The zero-order chi connectivity index (χ0) is 11.3. The Hall–Kier alpha value is -1.00. The number of carbonyl (C=O) groups excluding carboxylic acids is 1. The molecule has 0 spiro atoms. The molecule has 1 amide bonds. The lowest BCUT2D eigenvalue weighted by Crippen LogP contribution is -2.35. The molecule has 0 saturated heterocycles. The van der Waals surface area contributed by atoms with Gasteiger partial charge in [-0.05, 0) is 32.4 Å². The van der Waals surface area contributed by atoms with Gasteiger partial charge in [0.1, 0.15) is 0 Å². The van der Waals surface area contributed by atoms with Gasteiger partial charge in [-0.1, -0.05) is 12.1 Å². The zero-order valence-corrected chi connectivity index (χ0v) is 10.0. The summed E-state index contributed by atoms with van der Waals surface area (Å²) in [6.07, 6.45) is 1.99. The van der Waals surface area contributed by atoms with Crippen LogP contribution in [0.4, 0.5) is 5.69 Å². The number of amides is 1. The Kier molecular flexibility index (Phi) is 4.65. The number of nitrogens with one attached hydrogen (secondary N) is 2. The van der Waals surface area contributed by atoms with Crippen LogP contribution in [0.5, 0.6) is 0 Å². The van der Waals surface area contributed by atoms with Gasteiger partial charge in [0.05, 0.1) is 11.7 Å². The highest BCUT2D eigenvalue weighted by Crippen LogP contribution is 2.24. The smallest absolute Gasteiger partial charge is 0.241 e. The minimum atomic E-state index is -0.181. The topological polar surface area (TPSA) is 41.1 Å². The van der Waals surface area contributed by atoms with Gasteiger partial charge in [0, 0.05) is 4.90 Å². The van der Waals surface area contributed by atoms with Crippen molar-refractivity contribution in [1.82, 2.24) is 5.32 Å². The standard InChI is InChI=1S/C11H16N2OS/c1-8(12-2)11(14)13-9-6-4-5-7-10(9)15-3/h4-8,12H,1-3H3,(H,13,14). The molecule has 1 unspecified atom stereocenters. The third-order valence-electron chi connectivity index (χ3n) is 2.19. The van der Waals surface area contributed by atoms with E-state index in [1.54, 1.807) is 18.8 Å². The maximum Gasteiger partial charge on any atom is 0.241 e. The number of carbonyl (C=O) groups is 1. The highest BCUT2D eigenvalue weighted by atomic mass is 32.2. The van der Waals surface area contributed by atoms with Crippen molar-refractivity contribution in [3.05, 3.63) is 24.3 Å². The minimum absolute atomic E-state index is 0.0148. The molecule has 0 aromatic heterocycles. The highest BCUT2D eigenvalue weighted by Gasteiger charge is 2.11. The predicted molar refractivity (Wildman–Crippen MR) is 65.4 cm³/mol. The normalized spacial score (nSPS) is 12.2. The Morgan fingerprint density at radius 3 is 2.67 bits per heavy atom. The van der Waals surface area contributed by atoms with Crippen LogP contribution in [0, 0.1) is 0 Å². The molecule has 2 N–H and O–H groups in total. The molecular formula is C11H16N2OS. The van der Waals surface area contributed by atoms with Gasteiger partial charge in [0.2, 0.25) is 5.91 Å². The summed E-state index contributed by atoms with van der Waals surface area (Å²) >= 11 is 1.62. The van der Waals surface area contributed by atoms with E-state index in [0.29, 0.717) is 0 Å². The second kappa shape index (κ2) is 5.78. The Bertz CT molecular complexity index is 341. The van der Waals surface area contributed by atoms with Crippen LogP contribution in [0.15, 0.2) is 29.2 Å². The molecule has 0 heterocycles. The average molecular weight is 224 g/mol. The van der Waals surface area contributed by atoms with Crippen LogP contribution in [-0.4, -0.2) is 25.3 Å². The number of rotatable bonds is 4. The molecule has 4 heteroatoms. The lowest BCUT2D eigenvalue weighted by Gasteiger charge is -2.13. The average Bonchev–Trinajstić information content (AvgIpc) is 2.28. The van der Waals surface area contributed by atoms with Crippen molar-refractivity contribution in [3.63, 3.8) is 0 Å². The summed E-state index contributed by atoms with van der Waals surface area (Å²) in [5, 5.41) is 5.79. The van der Waals surface area contributed by atoms with Gasteiger partial charge >= 0.3 is 0 Å². The first-order chi connectivity index (χ1) is 7.19. The van der Waals surface area contributed by atoms with E-state index in [9.17, 15) is 4.79 Å². The number of benzene rings is 1. The molecule has 0 fully saturated rings. The van der Waals surface area contributed by atoms with Gasteiger partial charge in [0.15, 0.2) is 0 Å². The first-order valence-electron chi connectivity index (χ1n) is 4.80. The molecule has 1 atom stereocenters. The monoisotopic (exact) mass is 224 g/mol. The Balaban J connectivity index is 2.76. The van der Waals surface area contributed by atoms with Crippen molar-refractivity contribution in [2.24, 2.45) is 0 Å². The number of anilines is 1. The third-order valence-corrected chi connectivity index (χ3v) is 2.99. The minimum Gasteiger partial charge on any atom is -0.324 e. The van der Waals surface area contributed by atoms with Crippen LogP contribution < -0.4 is 10.6 Å². The molecule has 0 bridgehead atoms. The van der Waals surface area contributed by atoms with E-state index in [1.807, 2.05) is 37.4 Å². The second-order valence-electron chi connectivity index (χ2n) is 3.20. The molecule has 3 nitrogen and oxygen atoms in total. The Labute approximate surface area is 94.6 Å². The van der Waals surface area contributed by atoms with Gasteiger partial charge in [-0.15, -0.1) is 11.8 Å². The molecule has 1 rings (SSSR count). The van der Waals surface area contributed by atoms with Crippen LogP contribution in [-0.2, 0) is 4.79 Å². The van der Waals surface area contributed by atoms with E-state index < -0.39 is 0 Å². The fourth-order valence-electron chi connectivity index (χ4n) is 1.12. The van der Waals surface area contributed by atoms with Gasteiger partial charge in [0.25, 0.3) is 0 Å². The summed E-state index contributed by atoms with van der Waals surface area (Å²) in [5.41, 5.74) is 0.872. The van der Waals surface area contributed by atoms with Crippen molar-refractivity contribution in [2.45, 2.75) is 17.9 Å². The molecule has 0 radical (unpaired) electrons. The first kappa shape index (κ1) is 12.1. The van der Waals surface area contributed by atoms with E-state index in [0.717, 1.165) is 10.6 Å². The number of hydrogen-bond acceptors (Lipinski definition) is 3. The summed E-state index contributed by atoms with van der Waals surface area (Å²) < 4.78 is 0. The SMILES string of the molecule is CNC(C)C(=O)Nc1ccccc1SC. The molecule has 0 aliphatic carbocycles. The first-order valence-corrected chi connectivity index (χ1v) is 6.02. The lowest BCUT2D eigenvalue weighted by molar-refractivity contribution is -0.117. The largest absolute Gasteiger partial charge is 0.324 e. The van der Waals surface area contributed by atoms with Crippen molar-refractivity contribution < 1.29 is 4.79 Å². The summed E-state index contributed by atoms with van der Waals surface area (Å²) in [6, 6.07) is 7.60. The van der Waals surface area contributed by atoms with E-state index >= 15 is 0 Å². The maximum absolute atomic E-state index is 11.6. The van der Waals surface area contributed by atoms with Crippen LogP contribution in [0.25, 0.3) is 0 Å². The van der Waals surface area contributed by atoms with Crippen LogP contribution in [0.2, 0.25) is 0 Å². The van der Waals surface area contributed by atoms with Gasteiger partial charge in [-0.25, -0.2) is 0 Å². The molecular weight excluding hydrogens is 208 g/mol. The quantitative estimate of drug-likeness (QED) is 0.768. The zero-order valence-electron chi connectivity index (χ0n) is 9.20. The fourth-order valence-corrected chi connectivity index (χ4v) is 1.67. The number of thioether (sulfide) groups is 1. The van der Waals surface area contributed by atoms with Crippen molar-refractivity contribution >= 4 is 23.4 Å². The lowest BCUT2D eigenvalue weighted by atomic mass is 10.2. The summed E-state index contributed by atoms with van der Waals surface area (Å²) in [6.45, 7) is 1.83. The van der Waals surface area contributed by atoms with Crippen LogP contribution >= 0.6 is 11.8 Å². The molecule has 1 aromatic carbocycles. The van der Waals surface area contributed by atoms with E-state index in [2.05, 4.69) is 10.6 Å². The summed E-state index contributed by atoms with van der Waals surface area (Å²) in [5.74, 6) is -0.0148. The van der Waals surface area contributed by atoms with Gasteiger partial charge < -0.3 is 10.6 Å². The van der Waals surface area contributed by atoms with E-state index in [-0.39, 0.29) is 11.9 Å². The van der Waals surface area contributed by atoms with Gasteiger partial charge in [-0.3, -0.25) is 4.79 Å². The van der Waals surface area contributed by atoms with Gasteiger partial charge in [-0.2, -0.15) is 0 Å². The molecule has 0 saturated carbocycles. The molecule has 1 aromatic rings. The Morgan fingerprint density at radius 1 is 1.40 bits per heavy atom. The third kappa shape index (κ3) is 3.25. The van der Waals surface area contributed by atoms with E-state index in [1.165, 1.54) is 0 Å². The summed E-state index contributed by atoms with van der Waals surface area (Å²) in [7, 11) is 1.77. The Morgan fingerprint density at radius 2 is 2.07 bits per heavy atom. The van der Waals surface area contributed by atoms with Crippen molar-refractivity contribution in [3.8, 4) is 0 Å².